The van der Waals surface area contributed by atoms with Crippen LogP contribution >= 0.6 is 0 Å². The number of nitrogens with one attached hydrogen (secondary N) is 3. The van der Waals surface area contributed by atoms with Crippen molar-refractivity contribution >= 4 is 17.9 Å². The summed E-state index contributed by atoms with van der Waals surface area (Å²) in [5.74, 6) is -1.36. The summed E-state index contributed by atoms with van der Waals surface area (Å²) >= 11 is 0. The maximum atomic E-state index is 12.7. The smallest absolute Gasteiger partial charge is 0.310 e. The van der Waals surface area contributed by atoms with Crippen LogP contribution in [0.3, 0.4) is 0 Å². The average molecular weight is 468 g/mol. The Bertz CT molecular complexity index is 601. The summed E-state index contributed by atoms with van der Waals surface area (Å²) in [6.07, 6.45) is 2.62. The highest BCUT2D eigenvalue weighted by Crippen LogP contribution is 2.29. The van der Waals surface area contributed by atoms with E-state index in [4.69, 9.17) is 14.2 Å². The molecule has 33 heavy (non-hydrogen) atoms. The molecular weight excluding hydrogens is 426 g/mol. The summed E-state index contributed by atoms with van der Waals surface area (Å²) in [5, 5.41) is 9.53. The molecule has 3 aliphatic rings. The summed E-state index contributed by atoms with van der Waals surface area (Å²) in [4.78, 5) is 38.1. The molecule has 9 heteroatoms. The van der Waals surface area contributed by atoms with Crippen LogP contribution in [0.1, 0.15) is 53.4 Å². The first kappa shape index (κ1) is 25.9. The normalized spacial score (nSPS) is 27.5. The van der Waals surface area contributed by atoms with Crippen LogP contribution in [-0.2, 0) is 28.6 Å². The fourth-order valence-corrected chi connectivity index (χ4v) is 4.33. The first-order valence-corrected chi connectivity index (χ1v) is 12.6. The van der Waals surface area contributed by atoms with Crippen LogP contribution < -0.4 is 16.0 Å². The molecule has 0 amide bonds. The van der Waals surface area contributed by atoms with E-state index in [0.29, 0.717) is 25.7 Å². The van der Waals surface area contributed by atoms with Crippen molar-refractivity contribution in [1.29, 1.82) is 0 Å². The molecular formula is C24H41N3O6. The van der Waals surface area contributed by atoms with Gasteiger partial charge in [0.05, 0.1) is 23.2 Å². The highest BCUT2D eigenvalue weighted by molar-refractivity contribution is 5.75. The van der Waals surface area contributed by atoms with E-state index in [9.17, 15) is 14.4 Å². The molecule has 3 aliphatic heterocycles. The van der Waals surface area contributed by atoms with Gasteiger partial charge in [-0.15, -0.1) is 0 Å². The molecule has 188 valence electrons. The number of carbonyl (C=O) groups is 3. The first-order chi connectivity index (χ1) is 15.9. The monoisotopic (exact) mass is 467 g/mol. The number of hydrogen-bond donors (Lipinski definition) is 3. The lowest BCUT2D eigenvalue weighted by atomic mass is 9.87. The second kappa shape index (κ2) is 11.6. The van der Waals surface area contributed by atoms with E-state index < -0.39 is 5.41 Å². The zero-order valence-corrected chi connectivity index (χ0v) is 20.5. The van der Waals surface area contributed by atoms with Crippen molar-refractivity contribution in [2.24, 2.45) is 23.2 Å². The molecule has 0 bridgehead atoms. The summed E-state index contributed by atoms with van der Waals surface area (Å²) in [7, 11) is 0. The van der Waals surface area contributed by atoms with Crippen molar-refractivity contribution in [3.05, 3.63) is 0 Å². The van der Waals surface area contributed by atoms with E-state index >= 15 is 0 Å². The van der Waals surface area contributed by atoms with Crippen molar-refractivity contribution in [1.82, 2.24) is 16.0 Å². The third-order valence-electron chi connectivity index (χ3n) is 7.32. The first-order valence-electron chi connectivity index (χ1n) is 12.6. The Morgan fingerprint density at radius 2 is 0.939 bits per heavy atom. The molecule has 0 aromatic heterocycles. The molecule has 3 N–H and O–H groups in total. The molecule has 0 radical (unpaired) electrons. The van der Waals surface area contributed by atoms with Crippen molar-refractivity contribution in [2.75, 3.05) is 39.5 Å². The third kappa shape index (κ3) is 7.13. The average Bonchev–Trinajstić information content (AvgIpc) is 3.64. The standard InChI is InChI=1S/C24H41N3O6/c1-5-15(18-9-25-18)21(28)31-12-24(8-4,13-32-22(29)16(6-2)19-10-26-19)14-33-23(30)17(7-3)20-11-27-20/h15-20,25-27H,5-14H2,1-4H3. The number of rotatable bonds is 16. The number of hydrogen-bond acceptors (Lipinski definition) is 9. The van der Waals surface area contributed by atoms with Gasteiger partial charge in [-0.05, 0) is 25.7 Å². The molecule has 0 saturated carbocycles. The van der Waals surface area contributed by atoms with Crippen LogP contribution in [0, 0.1) is 23.2 Å². The Kier molecular flexibility index (Phi) is 9.12. The summed E-state index contributed by atoms with van der Waals surface area (Å²) in [6, 6.07) is 0.505. The molecule has 0 aliphatic carbocycles. The minimum absolute atomic E-state index is 0.0447. The number of carbonyl (C=O) groups excluding carboxylic acids is 3. The molecule has 0 spiro atoms. The van der Waals surface area contributed by atoms with Crippen molar-refractivity contribution in [3.63, 3.8) is 0 Å². The maximum absolute atomic E-state index is 12.7. The lowest BCUT2D eigenvalue weighted by Gasteiger charge is -2.32. The Morgan fingerprint density at radius 1 is 0.667 bits per heavy atom. The fourth-order valence-electron chi connectivity index (χ4n) is 4.33. The van der Waals surface area contributed by atoms with Crippen molar-refractivity contribution in [2.45, 2.75) is 71.5 Å². The van der Waals surface area contributed by atoms with Gasteiger partial charge in [0.25, 0.3) is 0 Å². The lowest BCUT2D eigenvalue weighted by molar-refractivity contribution is -0.167. The Hall–Kier alpha value is -1.71. The Labute approximate surface area is 197 Å². The minimum Gasteiger partial charge on any atom is -0.465 e. The molecule has 6 unspecified atom stereocenters. The van der Waals surface area contributed by atoms with E-state index in [2.05, 4.69) is 16.0 Å². The van der Waals surface area contributed by atoms with E-state index in [1.165, 1.54) is 0 Å². The van der Waals surface area contributed by atoms with E-state index in [0.717, 1.165) is 19.6 Å². The molecule has 0 aromatic rings. The van der Waals surface area contributed by atoms with Gasteiger partial charge in [-0.1, -0.05) is 27.7 Å². The quantitative estimate of drug-likeness (QED) is 0.172. The van der Waals surface area contributed by atoms with Gasteiger partial charge < -0.3 is 30.2 Å². The molecule has 3 saturated heterocycles. The van der Waals surface area contributed by atoms with Gasteiger partial charge in [-0.3, -0.25) is 14.4 Å². The van der Waals surface area contributed by atoms with Gasteiger partial charge in [0.1, 0.15) is 19.8 Å². The second-order valence-corrected chi connectivity index (χ2v) is 9.77. The van der Waals surface area contributed by atoms with Gasteiger partial charge in [0.15, 0.2) is 0 Å². The van der Waals surface area contributed by atoms with Gasteiger partial charge in [-0.2, -0.15) is 0 Å². The van der Waals surface area contributed by atoms with Gasteiger partial charge >= 0.3 is 17.9 Å². The third-order valence-corrected chi connectivity index (χ3v) is 7.32. The van der Waals surface area contributed by atoms with Crippen molar-refractivity contribution in [3.8, 4) is 0 Å². The van der Waals surface area contributed by atoms with Crippen LogP contribution in [0.2, 0.25) is 0 Å². The van der Waals surface area contributed by atoms with E-state index in [1.54, 1.807) is 0 Å². The SMILES string of the molecule is CCC(C(=O)OCC(CC)(COC(=O)C(CC)C1CN1)COC(=O)C(CC)C1CN1)C1CN1. The highest BCUT2D eigenvalue weighted by Gasteiger charge is 2.42. The van der Waals surface area contributed by atoms with E-state index in [1.807, 2.05) is 27.7 Å². The largest absolute Gasteiger partial charge is 0.465 e. The Morgan fingerprint density at radius 3 is 1.12 bits per heavy atom. The minimum atomic E-state index is -0.777. The van der Waals surface area contributed by atoms with Crippen LogP contribution in [-0.4, -0.2) is 75.5 Å². The van der Waals surface area contributed by atoms with Gasteiger partial charge in [0, 0.05) is 37.8 Å². The highest BCUT2D eigenvalue weighted by atomic mass is 16.6. The predicted octanol–water partition coefficient (Wildman–Crippen LogP) is 1.01. The summed E-state index contributed by atoms with van der Waals surface area (Å²) < 4.78 is 17.2. The summed E-state index contributed by atoms with van der Waals surface area (Å²) in [6.45, 7) is 10.4. The molecule has 0 aromatic carbocycles. The van der Waals surface area contributed by atoms with Gasteiger partial charge in [-0.25, -0.2) is 0 Å². The lowest BCUT2D eigenvalue weighted by Crippen LogP contribution is -2.41. The van der Waals surface area contributed by atoms with Crippen molar-refractivity contribution < 1.29 is 28.6 Å². The molecule has 3 fully saturated rings. The molecule has 3 heterocycles. The number of esters is 3. The van der Waals surface area contributed by atoms with Gasteiger partial charge in [0.2, 0.25) is 0 Å². The van der Waals surface area contributed by atoms with Crippen LogP contribution in [0.5, 0.6) is 0 Å². The topological polar surface area (TPSA) is 145 Å². The van der Waals surface area contributed by atoms with E-state index in [-0.39, 0.29) is 73.6 Å². The Balaban J connectivity index is 1.63. The van der Waals surface area contributed by atoms with Crippen LogP contribution in [0.4, 0.5) is 0 Å². The fraction of sp³-hybridized carbons (Fsp3) is 0.875. The molecule has 9 nitrogen and oxygen atoms in total. The predicted molar refractivity (Wildman–Crippen MR) is 122 cm³/mol. The number of ether oxygens (including phenoxy) is 3. The van der Waals surface area contributed by atoms with Crippen LogP contribution in [0.15, 0.2) is 0 Å². The molecule has 6 atom stereocenters. The second-order valence-electron chi connectivity index (χ2n) is 9.77. The van der Waals surface area contributed by atoms with Crippen LogP contribution in [0.25, 0.3) is 0 Å². The maximum Gasteiger partial charge on any atom is 0.310 e. The zero-order chi connectivity index (χ0) is 24.0. The molecule has 3 rings (SSSR count). The summed E-state index contributed by atoms with van der Waals surface area (Å²) in [5.41, 5.74) is -0.777. The zero-order valence-electron chi connectivity index (χ0n) is 20.5.